The number of hydrogen-bond acceptors (Lipinski definition) is 6. The highest BCUT2D eigenvalue weighted by atomic mass is 16.5. The van der Waals surface area contributed by atoms with E-state index in [0.717, 1.165) is 29.7 Å². The van der Waals surface area contributed by atoms with Crippen molar-refractivity contribution in [3.8, 4) is 34.3 Å². The molecule has 0 amide bonds. The van der Waals surface area contributed by atoms with Gasteiger partial charge < -0.3 is 23.4 Å². The second-order valence-corrected chi connectivity index (χ2v) is 8.83. The third-order valence-electron chi connectivity index (χ3n) is 6.00. The molecule has 0 bridgehead atoms. The van der Waals surface area contributed by atoms with Crippen molar-refractivity contribution in [3.05, 3.63) is 81.5 Å². The van der Waals surface area contributed by atoms with Crippen LogP contribution in [0.25, 0.3) is 22.3 Å². The second kappa shape index (κ2) is 11.2. The van der Waals surface area contributed by atoms with Gasteiger partial charge >= 0.3 is 0 Å². The zero-order valence-electron chi connectivity index (χ0n) is 21.5. The van der Waals surface area contributed by atoms with Gasteiger partial charge in [0.2, 0.25) is 11.2 Å². The molecule has 36 heavy (non-hydrogen) atoms. The van der Waals surface area contributed by atoms with E-state index in [1.54, 1.807) is 26.4 Å². The quantitative estimate of drug-likeness (QED) is 0.233. The first-order valence-electron chi connectivity index (χ1n) is 12.0. The van der Waals surface area contributed by atoms with Crippen LogP contribution >= 0.6 is 0 Å². The van der Waals surface area contributed by atoms with Crippen LogP contribution in [0.4, 0.5) is 0 Å². The van der Waals surface area contributed by atoms with E-state index < -0.39 is 0 Å². The topological polar surface area (TPSA) is 67.1 Å². The lowest BCUT2D eigenvalue weighted by Gasteiger charge is -2.15. The highest BCUT2D eigenvalue weighted by Gasteiger charge is 2.20. The van der Waals surface area contributed by atoms with E-state index in [0.29, 0.717) is 47.0 Å². The fourth-order valence-corrected chi connectivity index (χ4v) is 4.13. The number of hydrogen-bond donors (Lipinski definition) is 0. The van der Waals surface area contributed by atoms with Crippen LogP contribution in [0.1, 0.15) is 29.5 Å². The number of aryl methyl sites for hydroxylation is 3. The monoisotopic (exact) mass is 488 g/mol. The zero-order chi connectivity index (χ0) is 25.7. The first-order valence-corrected chi connectivity index (χ1v) is 12.0. The summed E-state index contributed by atoms with van der Waals surface area (Å²) in [5.74, 6) is 2.54. The molecule has 4 rings (SSSR count). The minimum Gasteiger partial charge on any atom is -0.494 e. The molecule has 0 fully saturated rings. The Morgan fingerprint density at radius 3 is 2.14 bits per heavy atom. The van der Waals surface area contributed by atoms with E-state index >= 15 is 0 Å². The maximum absolute atomic E-state index is 13.6. The third-order valence-corrected chi connectivity index (χ3v) is 6.00. The molecule has 0 radical (unpaired) electrons. The van der Waals surface area contributed by atoms with Crippen molar-refractivity contribution >= 4 is 11.0 Å². The summed E-state index contributed by atoms with van der Waals surface area (Å²) in [6.07, 6.45) is 1.51. The Labute approximate surface area is 211 Å². The van der Waals surface area contributed by atoms with Crippen LogP contribution in [0.15, 0.2) is 63.8 Å². The van der Waals surface area contributed by atoms with E-state index in [4.69, 9.17) is 23.4 Å². The van der Waals surface area contributed by atoms with Crippen LogP contribution < -0.4 is 24.4 Å². The van der Waals surface area contributed by atoms with Crippen LogP contribution in [0, 0.1) is 20.8 Å². The summed E-state index contributed by atoms with van der Waals surface area (Å²) < 4.78 is 29.0. The van der Waals surface area contributed by atoms with Crippen LogP contribution in [-0.4, -0.2) is 27.4 Å². The Morgan fingerprint density at radius 1 is 0.750 bits per heavy atom. The molecule has 6 heteroatoms. The van der Waals surface area contributed by atoms with Crippen molar-refractivity contribution in [2.24, 2.45) is 0 Å². The summed E-state index contributed by atoms with van der Waals surface area (Å²) >= 11 is 0. The fraction of sp³-hybridized carbons (Fsp3) is 0.300. The van der Waals surface area contributed by atoms with E-state index in [9.17, 15) is 4.79 Å². The summed E-state index contributed by atoms with van der Waals surface area (Å²) in [6.45, 7) is 6.87. The van der Waals surface area contributed by atoms with Crippen molar-refractivity contribution < 1.29 is 23.4 Å². The Hall–Kier alpha value is -3.93. The zero-order valence-corrected chi connectivity index (χ0v) is 21.5. The van der Waals surface area contributed by atoms with Gasteiger partial charge in [0.25, 0.3) is 0 Å². The van der Waals surface area contributed by atoms with E-state index in [1.807, 2.05) is 63.2 Å². The van der Waals surface area contributed by atoms with E-state index in [-0.39, 0.29) is 11.2 Å². The summed E-state index contributed by atoms with van der Waals surface area (Å²) in [5.41, 5.74) is 4.11. The lowest BCUT2D eigenvalue weighted by atomic mass is 10.0. The molecule has 0 saturated carbocycles. The number of unbranched alkanes of at least 4 members (excludes halogenated alkanes) is 1. The predicted molar refractivity (Wildman–Crippen MR) is 142 cm³/mol. The standard InChI is InChI=1S/C30H32O6/c1-19-8-11-23(12-9-19)34-14-6-7-15-35-30-27(31)24-17-20(2)16-21(3)28(24)36-29(30)22-10-13-25(32-4)26(18-22)33-5/h8-13,16-18H,6-7,14-15H2,1-5H3. The molecule has 0 aliphatic heterocycles. The number of fused-ring (bicyclic) bond motifs is 1. The highest BCUT2D eigenvalue weighted by Crippen LogP contribution is 2.37. The minimum absolute atomic E-state index is 0.191. The molecule has 0 aliphatic rings. The number of benzene rings is 3. The molecule has 1 heterocycles. The smallest absolute Gasteiger partial charge is 0.235 e. The van der Waals surface area contributed by atoms with Crippen LogP contribution in [-0.2, 0) is 0 Å². The Balaban J connectivity index is 1.59. The van der Waals surface area contributed by atoms with E-state index in [1.165, 1.54) is 5.56 Å². The molecule has 0 aliphatic carbocycles. The van der Waals surface area contributed by atoms with Crippen LogP contribution in [0.3, 0.4) is 0 Å². The molecule has 188 valence electrons. The number of methoxy groups -OCH3 is 2. The van der Waals surface area contributed by atoms with Crippen molar-refractivity contribution in [1.82, 2.24) is 0 Å². The first kappa shape index (κ1) is 25.2. The molecule has 0 saturated heterocycles. The van der Waals surface area contributed by atoms with Gasteiger partial charge in [-0.3, -0.25) is 4.79 Å². The SMILES string of the molecule is COc1ccc(-c2oc3c(C)cc(C)cc3c(=O)c2OCCCCOc2ccc(C)cc2)cc1OC. The molecule has 0 spiro atoms. The maximum atomic E-state index is 13.6. The van der Waals surface area contributed by atoms with Crippen LogP contribution in [0.2, 0.25) is 0 Å². The molecule has 3 aromatic carbocycles. The Kier molecular flexibility index (Phi) is 7.84. The second-order valence-electron chi connectivity index (χ2n) is 8.83. The van der Waals surface area contributed by atoms with E-state index in [2.05, 4.69) is 0 Å². The average molecular weight is 489 g/mol. The number of ether oxygens (including phenoxy) is 4. The largest absolute Gasteiger partial charge is 0.494 e. The van der Waals surface area contributed by atoms with Crippen molar-refractivity contribution in [2.45, 2.75) is 33.6 Å². The molecule has 6 nitrogen and oxygen atoms in total. The molecular weight excluding hydrogens is 456 g/mol. The summed E-state index contributed by atoms with van der Waals surface area (Å²) in [5, 5.41) is 0.509. The van der Waals surface area contributed by atoms with Gasteiger partial charge in [-0.05, 0) is 81.1 Å². The van der Waals surface area contributed by atoms with Gasteiger partial charge in [0, 0.05) is 5.56 Å². The van der Waals surface area contributed by atoms with Gasteiger partial charge in [-0.15, -0.1) is 0 Å². The minimum atomic E-state index is -0.191. The maximum Gasteiger partial charge on any atom is 0.235 e. The van der Waals surface area contributed by atoms with Crippen LogP contribution in [0.5, 0.6) is 23.0 Å². The average Bonchev–Trinajstić information content (AvgIpc) is 2.88. The van der Waals surface area contributed by atoms with Gasteiger partial charge in [0.1, 0.15) is 11.3 Å². The third kappa shape index (κ3) is 5.48. The Morgan fingerprint density at radius 2 is 1.44 bits per heavy atom. The van der Waals surface area contributed by atoms with Gasteiger partial charge in [-0.25, -0.2) is 0 Å². The Bertz CT molecular complexity index is 1400. The lowest BCUT2D eigenvalue weighted by Crippen LogP contribution is -2.12. The fourth-order valence-electron chi connectivity index (χ4n) is 4.13. The molecule has 0 unspecified atom stereocenters. The van der Waals surface area contributed by atoms with Gasteiger partial charge in [-0.2, -0.15) is 0 Å². The molecule has 0 atom stereocenters. The molecule has 0 N–H and O–H groups in total. The van der Waals surface area contributed by atoms with Crippen molar-refractivity contribution in [3.63, 3.8) is 0 Å². The summed E-state index contributed by atoms with van der Waals surface area (Å²) in [6, 6.07) is 17.2. The molecule has 4 aromatic rings. The predicted octanol–water partition coefficient (Wildman–Crippen LogP) is 6.64. The normalized spacial score (nSPS) is 10.9. The summed E-state index contributed by atoms with van der Waals surface area (Å²) in [4.78, 5) is 13.6. The van der Waals surface area contributed by atoms with Crippen molar-refractivity contribution in [2.75, 3.05) is 27.4 Å². The number of rotatable bonds is 10. The van der Waals surface area contributed by atoms with Gasteiger partial charge in [0.15, 0.2) is 17.3 Å². The summed E-state index contributed by atoms with van der Waals surface area (Å²) in [7, 11) is 3.15. The molecular formula is C30H32O6. The highest BCUT2D eigenvalue weighted by molar-refractivity contribution is 5.85. The van der Waals surface area contributed by atoms with Crippen molar-refractivity contribution in [1.29, 1.82) is 0 Å². The molecule has 1 aromatic heterocycles. The van der Waals surface area contributed by atoms with Gasteiger partial charge in [0.05, 0.1) is 32.8 Å². The first-order chi connectivity index (χ1) is 17.4. The van der Waals surface area contributed by atoms with Gasteiger partial charge in [-0.1, -0.05) is 23.8 Å². The lowest BCUT2D eigenvalue weighted by molar-refractivity contribution is 0.263.